The number of nitrogens with zero attached hydrogens (tertiary/aromatic N) is 1. The highest BCUT2D eigenvalue weighted by Gasteiger charge is 2.33. The monoisotopic (exact) mass is 346 g/mol. The Balaban J connectivity index is 1.66. The van der Waals surface area contributed by atoms with Gasteiger partial charge in [-0.15, -0.1) is 23.1 Å². The lowest BCUT2D eigenvalue weighted by Crippen LogP contribution is -2.42. The first-order valence-electron chi connectivity index (χ1n) is 7.39. The Morgan fingerprint density at radius 2 is 2.29 bits per heavy atom. The molecule has 0 spiro atoms. The Bertz CT molecular complexity index is 599. The van der Waals surface area contributed by atoms with Crippen molar-refractivity contribution in [1.82, 2.24) is 9.62 Å². The van der Waals surface area contributed by atoms with Gasteiger partial charge in [-0.3, -0.25) is 0 Å². The zero-order chi connectivity index (χ0) is 15.0. The minimum atomic E-state index is -3.07. The highest BCUT2D eigenvalue weighted by molar-refractivity contribution is 8.01. The molecule has 3 atom stereocenters. The van der Waals surface area contributed by atoms with Crippen LogP contribution in [-0.4, -0.2) is 43.4 Å². The van der Waals surface area contributed by atoms with Crippen LogP contribution in [0.1, 0.15) is 37.8 Å². The molecule has 1 aromatic heterocycles. The molecule has 2 aliphatic rings. The van der Waals surface area contributed by atoms with Crippen molar-refractivity contribution in [2.24, 2.45) is 0 Å². The maximum Gasteiger partial charge on any atom is 0.211 e. The first-order valence-corrected chi connectivity index (χ1v) is 11.0. The smallest absolute Gasteiger partial charge is 0.211 e. The van der Waals surface area contributed by atoms with Crippen molar-refractivity contribution in [2.75, 3.05) is 19.3 Å². The number of nitrogens with one attached hydrogen (secondary N) is 1. The van der Waals surface area contributed by atoms with E-state index in [-0.39, 0.29) is 6.04 Å². The summed E-state index contributed by atoms with van der Waals surface area (Å²) in [5.41, 5.74) is 1.40. The van der Waals surface area contributed by atoms with Crippen LogP contribution in [0.2, 0.25) is 0 Å². The van der Waals surface area contributed by atoms with Crippen LogP contribution in [0.3, 0.4) is 0 Å². The molecule has 21 heavy (non-hydrogen) atoms. The van der Waals surface area contributed by atoms with Gasteiger partial charge in [0.1, 0.15) is 0 Å². The molecule has 0 amide bonds. The first-order chi connectivity index (χ1) is 9.95. The van der Waals surface area contributed by atoms with Crippen molar-refractivity contribution < 1.29 is 8.42 Å². The summed E-state index contributed by atoms with van der Waals surface area (Å²) < 4.78 is 26.7. The zero-order valence-corrected chi connectivity index (χ0v) is 14.9. The van der Waals surface area contributed by atoms with Crippen molar-refractivity contribution in [3.8, 4) is 0 Å². The topological polar surface area (TPSA) is 49.4 Å². The Hall–Kier alpha value is -0.0800. The van der Waals surface area contributed by atoms with E-state index in [1.54, 1.807) is 4.31 Å². The molecule has 1 aromatic rings. The van der Waals surface area contributed by atoms with E-state index in [1.807, 2.05) is 23.1 Å². The molecule has 0 radical (unpaired) electrons. The van der Waals surface area contributed by atoms with Gasteiger partial charge in [-0.05, 0) is 36.3 Å². The van der Waals surface area contributed by atoms with E-state index in [0.29, 0.717) is 17.8 Å². The third-order valence-corrected chi connectivity index (χ3v) is 7.94. The van der Waals surface area contributed by atoms with E-state index >= 15 is 0 Å². The zero-order valence-electron chi connectivity index (χ0n) is 12.4. The number of rotatable bonds is 4. The lowest BCUT2D eigenvalue weighted by atomic mass is 10.0. The van der Waals surface area contributed by atoms with Gasteiger partial charge in [0.25, 0.3) is 0 Å². The number of hydrogen-bond acceptors (Lipinski definition) is 5. The molecule has 0 aromatic carbocycles. The molecule has 4 nitrogen and oxygen atoms in total. The molecule has 0 aliphatic carbocycles. The van der Waals surface area contributed by atoms with E-state index in [9.17, 15) is 8.42 Å². The predicted molar refractivity (Wildman–Crippen MR) is 89.6 cm³/mol. The SMILES string of the molecule is C[C@H]1C[C@@H](NC[C@H]2CCCN2S(C)(=O)=O)c2ccsc2S1. The average molecular weight is 347 g/mol. The molecule has 0 bridgehead atoms. The molecular weight excluding hydrogens is 324 g/mol. The molecular formula is C14H22N2O2S3. The standard InChI is InChI=1S/C14H22N2O2S3/c1-10-8-13(12-5-7-19-14(12)20-10)15-9-11-4-3-6-16(11)21(2,17)18/h5,7,10-11,13,15H,3-4,6,8-9H2,1-2H3/t10-,11+,13+/m0/s1. The number of fused-ring (bicyclic) bond motifs is 1. The quantitative estimate of drug-likeness (QED) is 0.911. The van der Waals surface area contributed by atoms with Crippen LogP contribution in [0.5, 0.6) is 0 Å². The second kappa shape index (κ2) is 6.20. The summed E-state index contributed by atoms with van der Waals surface area (Å²) in [5.74, 6) is 0. The minimum absolute atomic E-state index is 0.118. The fraction of sp³-hybridized carbons (Fsp3) is 0.714. The predicted octanol–water partition coefficient (Wildman–Crippen LogP) is 2.69. The largest absolute Gasteiger partial charge is 0.308 e. The summed E-state index contributed by atoms with van der Waals surface area (Å²) in [6.45, 7) is 3.69. The molecule has 2 aliphatic heterocycles. The molecule has 1 fully saturated rings. The van der Waals surface area contributed by atoms with E-state index in [1.165, 1.54) is 16.0 Å². The third-order valence-electron chi connectivity index (χ3n) is 4.26. The maximum atomic E-state index is 11.8. The third kappa shape index (κ3) is 3.47. The van der Waals surface area contributed by atoms with E-state index < -0.39 is 10.0 Å². The van der Waals surface area contributed by atoms with Crippen molar-refractivity contribution in [1.29, 1.82) is 0 Å². The van der Waals surface area contributed by atoms with Crippen LogP contribution >= 0.6 is 23.1 Å². The molecule has 1 N–H and O–H groups in total. The molecule has 0 unspecified atom stereocenters. The van der Waals surface area contributed by atoms with Crippen LogP contribution in [0.25, 0.3) is 0 Å². The van der Waals surface area contributed by atoms with Gasteiger partial charge in [-0.1, -0.05) is 6.92 Å². The number of thiophene rings is 1. The molecule has 7 heteroatoms. The minimum Gasteiger partial charge on any atom is -0.308 e. The molecule has 3 rings (SSSR count). The van der Waals surface area contributed by atoms with Gasteiger partial charge in [0.15, 0.2) is 0 Å². The molecule has 0 saturated carbocycles. The fourth-order valence-corrected chi connectivity index (χ4v) is 7.02. The van der Waals surface area contributed by atoms with Gasteiger partial charge < -0.3 is 5.32 Å². The summed E-state index contributed by atoms with van der Waals surface area (Å²) in [7, 11) is -3.07. The van der Waals surface area contributed by atoms with E-state index in [2.05, 4.69) is 23.7 Å². The lowest BCUT2D eigenvalue weighted by molar-refractivity contribution is 0.352. The van der Waals surface area contributed by atoms with Crippen molar-refractivity contribution in [3.05, 3.63) is 17.0 Å². The second-order valence-electron chi connectivity index (χ2n) is 5.96. The highest BCUT2D eigenvalue weighted by Crippen LogP contribution is 2.43. The lowest BCUT2D eigenvalue weighted by Gasteiger charge is -2.30. The summed E-state index contributed by atoms with van der Waals surface area (Å²) >= 11 is 3.77. The number of thioether (sulfide) groups is 1. The maximum absolute atomic E-state index is 11.8. The Labute approximate surface area is 135 Å². The second-order valence-corrected chi connectivity index (χ2v) is 10.5. The summed E-state index contributed by atoms with van der Waals surface area (Å²) in [4.78, 5) is 0. The summed E-state index contributed by atoms with van der Waals surface area (Å²) in [5, 5.41) is 6.40. The average Bonchev–Trinajstić information content (AvgIpc) is 3.02. The highest BCUT2D eigenvalue weighted by atomic mass is 32.2. The van der Waals surface area contributed by atoms with Gasteiger partial charge >= 0.3 is 0 Å². The van der Waals surface area contributed by atoms with Gasteiger partial charge in [0, 0.05) is 30.4 Å². The number of sulfonamides is 1. The summed E-state index contributed by atoms with van der Waals surface area (Å²) in [6.07, 6.45) is 4.37. The van der Waals surface area contributed by atoms with Crippen molar-refractivity contribution >= 4 is 33.1 Å². The Morgan fingerprint density at radius 3 is 3.05 bits per heavy atom. The van der Waals surface area contributed by atoms with Crippen LogP contribution < -0.4 is 5.32 Å². The van der Waals surface area contributed by atoms with Gasteiger partial charge in [-0.2, -0.15) is 4.31 Å². The molecule has 118 valence electrons. The number of hydrogen-bond donors (Lipinski definition) is 1. The Morgan fingerprint density at radius 1 is 1.48 bits per heavy atom. The normalized spacial score (nSPS) is 30.5. The van der Waals surface area contributed by atoms with Gasteiger partial charge in [0.05, 0.1) is 10.5 Å². The van der Waals surface area contributed by atoms with Crippen molar-refractivity contribution in [2.45, 2.75) is 47.7 Å². The van der Waals surface area contributed by atoms with Crippen LogP contribution in [-0.2, 0) is 10.0 Å². The van der Waals surface area contributed by atoms with Gasteiger partial charge in [0.2, 0.25) is 10.0 Å². The van der Waals surface area contributed by atoms with Crippen LogP contribution in [0.4, 0.5) is 0 Å². The molecule has 1 saturated heterocycles. The van der Waals surface area contributed by atoms with Crippen molar-refractivity contribution in [3.63, 3.8) is 0 Å². The van der Waals surface area contributed by atoms with Gasteiger partial charge in [-0.25, -0.2) is 8.42 Å². The van der Waals surface area contributed by atoms with E-state index in [0.717, 1.165) is 25.8 Å². The van der Waals surface area contributed by atoms with Crippen LogP contribution in [0.15, 0.2) is 15.7 Å². The Kier molecular flexibility index (Phi) is 4.66. The first kappa shape index (κ1) is 15.8. The summed E-state index contributed by atoms with van der Waals surface area (Å²) in [6, 6.07) is 2.69. The molecule has 3 heterocycles. The fourth-order valence-electron chi connectivity index (χ4n) is 3.27. The van der Waals surface area contributed by atoms with Crippen LogP contribution in [0, 0.1) is 0 Å². The van der Waals surface area contributed by atoms with E-state index in [4.69, 9.17) is 0 Å².